The second-order valence-electron chi connectivity index (χ2n) is 5.45. The van der Waals surface area contributed by atoms with Gasteiger partial charge < -0.3 is 4.90 Å². The van der Waals surface area contributed by atoms with E-state index < -0.39 is 0 Å². The summed E-state index contributed by atoms with van der Waals surface area (Å²) in [5, 5.41) is 0. The molecule has 0 fully saturated rings. The van der Waals surface area contributed by atoms with Crippen molar-refractivity contribution in [2.45, 2.75) is 85.5 Å². The number of unbranched alkanes of at least 4 members (excludes halogenated alkanes) is 4. The van der Waals surface area contributed by atoms with Crippen molar-refractivity contribution in [3.8, 4) is 0 Å². The average molecular weight is 268 g/mol. The van der Waals surface area contributed by atoms with E-state index in [0.29, 0.717) is 0 Å². The molecule has 2 heteroatoms. The Morgan fingerprint density at radius 2 is 1.26 bits per heavy atom. The van der Waals surface area contributed by atoms with Crippen LogP contribution in [0, 0.1) is 0 Å². The van der Waals surface area contributed by atoms with E-state index in [1.807, 2.05) is 0 Å². The standard InChI is InChI=1S/C17H36N2/c1-5-9-13-17(18-14-10-6-2)19(15-11-7-3)16-12-8-4/h5-16H2,1-4H3. The summed E-state index contributed by atoms with van der Waals surface area (Å²) in [5.74, 6) is 1.39. The van der Waals surface area contributed by atoms with E-state index in [4.69, 9.17) is 4.99 Å². The smallest absolute Gasteiger partial charge is 0.0988 e. The van der Waals surface area contributed by atoms with Crippen molar-refractivity contribution in [3.63, 3.8) is 0 Å². The van der Waals surface area contributed by atoms with Crippen LogP contribution in [0.4, 0.5) is 0 Å². The quantitative estimate of drug-likeness (QED) is 0.267. The molecule has 0 atom stereocenters. The van der Waals surface area contributed by atoms with E-state index in [1.165, 1.54) is 76.7 Å². The maximum atomic E-state index is 4.90. The topological polar surface area (TPSA) is 15.6 Å². The molecule has 0 unspecified atom stereocenters. The molecular formula is C17H36N2. The molecule has 0 heterocycles. The van der Waals surface area contributed by atoms with Gasteiger partial charge in [-0.05, 0) is 25.7 Å². The van der Waals surface area contributed by atoms with E-state index in [1.54, 1.807) is 0 Å². The van der Waals surface area contributed by atoms with Crippen LogP contribution in [0.3, 0.4) is 0 Å². The number of hydrogen-bond donors (Lipinski definition) is 0. The van der Waals surface area contributed by atoms with Gasteiger partial charge in [-0.1, -0.05) is 53.4 Å². The molecule has 0 aromatic rings. The maximum absolute atomic E-state index is 4.90. The minimum atomic E-state index is 1.02. The minimum Gasteiger partial charge on any atom is -0.360 e. The predicted octanol–water partition coefficient (Wildman–Crippen LogP) is 5.28. The van der Waals surface area contributed by atoms with Crippen molar-refractivity contribution in [1.29, 1.82) is 0 Å². The molecule has 0 N–H and O–H groups in total. The van der Waals surface area contributed by atoms with Gasteiger partial charge >= 0.3 is 0 Å². The van der Waals surface area contributed by atoms with E-state index in [9.17, 15) is 0 Å². The summed E-state index contributed by atoms with van der Waals surface area (Å²) in [6, 6.07) is 0. The third-order valence-corrected chi connectivity index (χ3v) is 3.49. The van der Waals surface area contributed by atoms with Crippen LogP contribution in [0.5, 0.6) is 0 Å². The third kappa shape index (κ3) is 9.98. The average Bonchev–Trinajstić information content (AvgIpc) is 2.43. The van der Waals surface area contributed by atoms with Gasteiger partial charge in [0.1, 0.15) is 0 Å². The van der Waals surface area contributed by atoms with Gasteiger partial charge in [-0.2, -0.15) is 0 Å². The zero-order chi connectivity index (χ0) is 14.3. The summed E-state index contributed by atoms with van der Waals surface area (Å²) in [5.41, 5.74) is 0. The van der Waals surface area contributed by atoms with Crippen molar-refractivity contribution in [2.24, 2.45) is 4.99 Å². The molecule has 0 aromatic heterocycles. The highest BCUT2D eigenvalue weighted by atomic mass is 15.2. The van der Waals surface area contributed by atoms with E-state index >= 15 is 0 Å². The summed E-state index contributed by atoms with van der Waals surface area (Å²) in [6.45, 7) is 12.5. The molecule has 0 aliphatic heterocycles. The van der Waals surface area contributed by atoms with Crippen molar-refractivity contribution in [3.05, 3.63) is 0 Å². The largest absolute Gasteiger partial charge is 0.360 e. The van der Waals surface area contributed by atoms with Crippen LogP contribution in [0.15, 0.2) is 4.99 Å². The second kappa shape index (κ2) is 13.9. The summed E-state index contributed by atoms with van der Waals surface area (Å²) in [4.78, 5) is 7.47. The zero-order valence-corrected chi connectivity index (χ0v) is 13.9. The van der Waals surface area contributed by atoms with Crippen LogP contribution in [0.25, 0.3) is 0 Å². The molecule has 0 radical (unpaired) electrons. The molecule has 0 aliphatic rings. The summed E-state index contributed by atoms with van der Waals surface area (Å²) in [7, 11) is 0. The normalized spacial score (nSPS) is 11.9. The molecule has 0 amide bonds. The predicted molar refractivity (Wildman–Crippen MR) is 88.1 cm³/mol. The molecule has 0 spiro atoms. The van der Waals surface area contributed by atoms with Gasteiger partial charge in [0.2, 0.25) is 0 Å². The Hall–Kier alpha value is -0.530. The third-order valence-electron chi connectivity index (χ3n) is 3.49. The van der Waals surface area contributed by atoms with Gasteiger partial charge in [0.25, 0.3) is 0 Å². The fourth-order valence-corrected chi connectivity index (χ4v) is 2.11. The van der Waals surface area contributed by atoms with Gasteiger partial charge in [0.15, 0.2) is 0 Å². The summed E-state index contributed by atoms with van der Waals surface area (Å²) < 4.78 is 0. The first-order valence-corrected chi connectivity index (χ1v) is 8.58. The van der Waals surface area contributed by atoms with Crippen LogP contribution >= 0.6 is 0 Å². The van der Waals surface area contributed by atoms with Crippen LogP contribution in [0.1, 0.15) is 85.5 Å². The Morgan fingerprint density at radius 3 is 1.74 bits per heavy atom. The van der Waals surface area contributed by atoms with Crippen molar-refractivity contribution in [2.75, 3.05) is 19.6 Å². The maximum Gasteiger partial charge on any atom is 0.0988 e. The number of nitrogens with zero attached hydrogens (tertiary/aromatic N) is 2. The van der Waals surface area contributed by atoms with Crippen molar-refractivity contribution >= 4 is 5.84 Å². The zero-order valence-electron chi connectivity index (χ0n) is 13.9. The number of rotatable bonds is 12. The highest BCUT2D eigenvalue weighted by Gasteiger charge is 2.09. The molecule has 19 heavy (non-hydrogen) atoms. The van der Waals surface area contributed by atoms with Gasteiger partial charge in [0.05, 0.1) is 5.84 Å². The Kier molecular flexibility index (Phi) is 13.5. The van der Waals surface area contributed by atoms with Crippen LogP contribution in [-0.2, 0) is 0 Å². The molecule has 0 bridgehead atoms. The first-order valence-electron chi connectivity index (χ1n) is 8.58. The lowest BCUT2D eigenvalue weighted by Gasteiger charge is -2.26. The van der Waals surface area contributed by atoms with Crippen LogP contribution < -0.4 is 0 Å². The summed E-state index contributed by atoms with van der Waals surface area (Å²) >= 11 is 0. The van der Waals surface area contributed by atoms with Crippen LogP contribution in [-0.4, -0.2) is 30.4 Å². The lowest BCUT2D eigenvalue weighted by atomic mass is 10.2. The molecule has 114 valence electrons. The Morgan fingerprint density at radius 1 is 0.737 bits per heavy atom. The van der Waals surface area contributed by atoms with E-state index in [-0.39, 0.29) is 0 Å². The van der Waals surface area contributed by atoms with Crippen molar-refractivity contribution in [1.82, 2.24) is 4.90 Å². The first kappa shape index (κ1) is 18.5. The lowest BCUT2D eigenvalue weighted by molar-refractivity contribution is 0.387. The molecule has 0 aliphatic carbocycles. The van der Waals surface area contributed by atoms with E-state index in [0.717, 1.165) is 6.54 Å². The number of aliphatic imine (C=N–C) groups is 1. The molecule has 0 saturated carbocycles. The molecule has 0 aromatic carbocycles. The highest BCUT2D eigenvalue weighted by molar-refractivity contribution is 5.82. The molecular weight excluding hydrogens is 232 g/mol. The van der Waals surface area contributed by atoms with Gasteiger partial charge in [-0.3, -0.25) is 4.99 Å². The lowest BCUT2D eigenvalue weighted by Crippen LogP contribution is -2.33. The molecule has 0 saturated heterocycles. The van der Waals surface area contributed by atoms with E-state index in [2.05, 4.69) is 32.6 Å². The minimum absolute atomic E-state index is 1.02. The number of amidine groups is 1. The molecule has 0 rings (SSSR count). The van der Waals surface area contributed by atoms with Crippen LogP contribution in [0.2, 0.25) is 0 Å². The van der Waals surface area contributed by atoms with Gasteiger partial charge in [-0.25, -0.2) is 0 Å². The SMILES string of the molecule is CCCCN=C(CCCC)N(CCCC)CCCC. The Bertz CT molecular complexity index is 203. The molecule has 2 nitrogen and oxygen atoms in total. The first-order chi connectivity index (χ1) is 9.29. The second-order valence-corrected chi connectivity index (χ2v) is 5.45. The Labute approximate surface area is 121 Å². The van der Waals surface area contributed by atoms with Gasteiger partial charge in [0, 0.05) is 26.1 Å². The van der Waals surface area contributed by atoms with Gasteiger partial charge in [-0.15, -0.1) is 0 Å². The Balaban J connectivity index is 4.51. The fraction of sp³-hybridized carbons (Fsp3) is 0.941. The van der Waals surface area contributed by atoms with Crippen molar-refractivity contribution < 1.29 is 0 Å². The summed E-state index contributed by atoms with van der Waals surface area (Å²) in [6.07, 6.45) is 11.3. The highest BCUT2D eigenvalue weighted by Crippen LogP contribution is 2.08. The fourth-order valence-electron chi connectivity index (χ4n) is 2.11. The number of hydrogen-bond acceptors (Lipinski definition) is 1. The monoisotopic (exact) mass is 268 g/mol.